The molecule has 1 aliphatic rings. The average molecular weight is 170 g/mol. The lowest BCUT2D eigenvalue weighted by molar-refractivity contribution is -0.122. The molecule has 1 fully saturated rings. The second kappa shape index (κ2) is 4.61. The van der Waals surface area contributed by atoms with Crippen molar-refractivity contribution in [1.82, 2.24) is 0 Å². The summed E-state index contributed by atoms with van der Waals surface area (Å²) in [5.74, 6) is 0.720. The van der Waals surface area contributed by atoms with Crippen LogP contribution in [-0.4, -0.2) is 17.5 Å². The molecule has 0 aromatic rings. The van der Waals surface area contributed by atoms with Crippen molar-refractivity contribution in [3.63, 3.8) is 0 Å². The van der Waals surface area contributed by atoms with Gasteiger partial charge in [0.05, 0.1) is 6.61 Å². The Balaban J connectivity index is 2.38. The number of hydrogen-bond acceptors (Lipinski definition) is 2. The molecule has 1 N–H and O–H groups in total. The van der Waals surface area contributed by atoms with Crippen molar-refractivity contribution in [3.05, 3.63) is 0 Å². The molecule has 0 saturated heterocycles. The summed E-state index contributed by atoms with van der Waals surface area (Å²) in [6.07, 6.45) is 5.19. The SMILES string of the molecule is CCCCC1CCC(=O)C1CO. The van der Waals surface area contributed by atoms with Crippen molar-refractivity contribution < 1.29 is 9.90 Å². The van der Waals surface area contributed by atoms with E-state index < -0.39 is 0 Å². The van der Waals surface area contributed by atoms with Crippen LogP contribution in [-0.2, 0) is 4.79 Å². The number of hydrogen-bond donors (Lipinski definition) is 1. The molecule has 2 nitrogen and oxygen atoms in total. The van der Waals surface area contributed by atoms with E-state index in [1.807, 2.05) is 0 Å². The summed E-state index contributed by atoms with van der Waals surface area (Å²) in [7, 11) is 0. The second-order valence-electron chi connectivity index (χ2n) is 3.70. The summed E-state index contributed by atoms with van der Waals surface area (Å²) in [4.78, 5) is 11.2. The van der Waals surface area contributed by atoms with E-state index in [9.17, 15) is 4.79 Å². The van der Waals surface area contributed by atoms with Crippen molar-refractivity contribution >= 4 is 5.78 Å². The first kappa shape index (κ1) is 9.72. The average Bonchev–Trinajstić information content (AvgIpc) is 2.43. The van der Waals surface area contributed by atoms with Gasteiger partial charge in [-0.2, -0.15) is 0 Å². The summed E-state index contributed by atoms with van der Waals surface area (Å²) in [6.45, 7) is 2.22. The highest BCUT2D eigenvalue weighted by Crippen LogP contribution is 2.32. The fourth-order valence-corrected chi connectivity index (χ4v) is 2.04. The number of ketones is 1. The number of unbranched alkanes of at least 4 members (excludes halogenated alkanes) is 1. The van der Waals surface area contributed by atoms with Gasteiger partial charge in [0.25, 0.3) is 0 Å². The molecule has 0 heterocycles. The van der Waals surface area contributed by atoms with Crippen molar-refractivity contribution in [2.45, 2.75) is 39.0 Å². The summed E-state index contributed by atoms with van der Waals surface area (Å²) in [6, 6.07) is 0. The van der Waals surface area contributed by atoms with Crippen LogP contribution in [0.2, 0.25) is 0 Å². The predicted octanol–water partition coefficient (Wildman–Crippen LogP) is 1.76. The lowest BCUT2D eigenvalue weighted by Crippen LogP contribution is -2.18. The first-order valence-electron chi connectivity index (χ1n) is 4.93. The van der Waals surface area contributed by atoms with E-state index in [1.54, 1.807) is 0 Å². The van der Waals surface area contributed by atoms with Crippen LogP contribution in [0.1, 0.15) is 39.0 Å². The zero-order valence-electron chi connectivity index (χ0n) is 7.75. The second-order valence-corrected chi connectivity index (χ2v) is 3.70. The Morgan fingerprint density at radius 2 is 2.33 bits per heavy atom. The predicted molar refractivity (Wildman–Crippen MR) is 47.8 cm³/mol. The number of rotatable bonds is 4. The van der Waals surface area contributed by atoms with Gasteiger partial charge in [-0.1, -0.05) is 19.8 Å². The van der Waals surface area contributed by atoms with Gasteiger partial charge in [0.15, 0.2) is 0 Å². The minimum absolute atomic E-state index is 0.0310. The molecule has 0 radical (unpaired) electrons. The zero-order chi connectivity index (χ0) is 8.97. The Morgan fingerprint density at radius 3 is 2.92 bits per heavy atom. The van der Waals surface area contributed by atoms with E-state index in [0.29, 0.717) is 12.3 Å². The zero-order valence-corrected chi connectivity index (χ0v) is 7.75. The van der Waals surface area contributed by atoms with Gasteiger partial charge in [-0.05, 0) is 18.8 Å². The number of Topliss-reactive ketones (excluding diaryl/α,β-unsaturated/α-hetero) is 1. The Labute approximate surface area is 74.0 Å². The van der Waals surface area contributed by atoms with Crippen LogP contribution in [0.15, 0.2) is 0 Å². The van der Waals surface area contributed by atoms with Crippen LogP contribution in [0, 0.1) is 11.8 Å². The van der Waals surface area contributed by atoms with E-state index in [2.05, 4.69) is 6.92 Å². The van der Waals surface area contributed by atoms with Crippen molar-refractivity contribution in [2.75, 3.05) is 6.61 Å². The topological polar surface area (TPSA) is 37.3 Å². The minimum Gasteiger partial charge on any atom is -0.396 e. The van der Waals surface area contributed by atoms with Crippen molar-refractivity contribution in [1.29, 1.82) is 0 Å². The largest absolute Gasteiger partial charge is 0.396 e. The fraction of sp³-hybridized carbons (Fsp3) is 0.900. The molecular formula is C10H18O2. The summed E-state index contributed by atoms with van der Waals surface area (Å²) < 4.78 is 0. The van der Waals surface area contributed by atoms with Crippen LogP contribution in [0.3, 0.4) is 0 Å². The highest BCUT2D eigenvalue weighted by molar-refractivity contribution is 5.83. The van der Waals surface area contributed by atoms with Crippen LogP contribution in [0.4, 0.5) is 0 Å². The van der Waals surface area contributed by atoms with Gasteiger partial charge in [-0.3, -0.25) is 4.79 Å². The van der Waals surface area contributed by atoms with Crippen molar-refractivity contribution in [2.24, 2.45) is 11.8 Å². The Hall–Kier alpha value is -0.370. The molecule has 2 heteroatoms. The van der Waals surface area contributed by atoms with E-state index in [4.69, 9.17) is 5.11 Å². The third-order valence-corrected chi connectivity index (χ3v) is 2.87. The molecule has 0 amide bonds. The Morgan fingerprint density at radius 1 is 1.58 bits per heavy atom. The molecule has 2 atom stereocenters. The lowest BCUT2D eigenvalue weighted by Gasteiger charge is -2.14. The van der Waals surface area contributed by atoms with E-state index in [-0.39, 0.29) is 18.3 Å². The van der Waals surface area contributed by atoms with Gasteiger partial charge < -0.3 is 5.11 Å². The number of carbonyl (C=O) groups excluding carboxylic acids is 1. The lowest BCUT2D eigenvalue weighted by atomic mass is 9.91. The molecule has 0 aliphatic heterocycles. The standard InChI is InChI=1S/C10H18O2/c1-2-3-4-8-5-6-10(12)9(8)7-11/h8-9,11H,2-7H2,1H3. The first-order valence-corrected chi connectivity index (χ1v) is 4.93. The van der Waals surface area contributed by atoms with Crippen LogP contribution >= 0.6 is 0 Å². The summed E-state index contributed by atoms with van der Waals surface area (Å²) >= 11 is 0. The van der Waals surface area contributed by atoms with Crippen LogP contribution in [0.5, 0.6) is 0 Å². The van der Waals surface area contributed by atoms with Crippen molar-refractivity contribution in [3.8, 4) is 0 Å². The monoisotopic (exact) mass is 170 g/mol. The normalized spacial score (nSPS) is 29.7. The molecule has 0 aromatic carbocycles. The fourth-order valence-electron chi connectivity index (χ4n) is 2.04. The van der Waals surface area contributed by atoms with E-state index in [1.165, 1.54) is 12.8 Å². The third kappa shape index (κ3) is 2.07. The number of aliphatic hydroxyl groups is 1. The highest BCUT2D eigenvalue weighted by atomic mass is 16.3. The quantitative estimate of drug-likeness (QED) is 0.698. The number of aliphatic hydroxyl groups excluding tert-OH is 1. The van der Waals surface area contributed by atoms with E-state index in [0.717, 1.165) is 12.8 Å². The molecule has 0 aromatic heterocycles. The van der Waals surface area contributed by atoms with Gasteiger partial charge in [-0.25, -0.2) is 0 Å². The maximum Gasteiger partial charge on any atom is 0.138 e. The van der Waals surface area contributed by atoms with Crippen LogP contribution < -0.4 is 0 Å². The molecule has 1 rings (SSSR count). The van der Waals surface area contributed by atoms with Gasteiger partial charge >= 0.3 is 0 Å². The summed E-state index contributed by atoms with van der Waals surface area (Å²) in [5, 5.41) is 8.99. The Bertz CT molecular complexity index is 154. The molecule has 0 spiro atoms. The van der Waals surface area contributed by atoms with Gasteiger partial charge in [0.2, 0.25) is 0 Å². The molecular weight excluding hydrogens is 152 g/mol. The molecule has 1 aliphatic carbocycles. The van der Waals surface area contributed by atoms with Gasteiger partial charge in [0.1, 0.15) is 5.78 Å². The molecule has 1 saturated carbocycles. The third-order valence-electron chi connectivity index (χ3n) is 2.87. The molecule has 70 valence electrons. The highest BCUT2D eigenvalue weighted by Gasteiger charge is 2.32. The Kier molecular flexibility index (Phi) is 3.73. The van der Waals surface area contributed by atoms with E-state index >= 15 is 0 Å². The van der Waals surface area contributed by atoms with Gasteiger partial charge in [-0.15, -0.1) is 0 Å². The van der Waals surface area contributed by atoms with Gasteiger partial charge in [0, 0.05) is 12.3 Å². The smallest absolute Gasteiger partial charge is 0.138 e. The summed E-state index contributed by atoms with van der Waals surface area (Å²) in [5.41, 5.74) is 0. The molecule has 0 bridgehead atoms. The molecule has 2 unspecified atom stereocenters. The first-order chi connectivity index (χ1) is 5.79. The molecule has 12 heavy (non-hydrogen) atoms. The number of carbonyl (C=O) groups is 1. The minimum atomic E-state index is -0.0310. The maximum atomic E-state index is 11.2. The maximum absolute atomic E-state index is 11.2. The van der Waals surface area contributed by atoms with Crippen LogP contribution in [0.25, 0.3) is 0 Å².